The van der Waals surface area contributed by atoms with Gasteiger partial charge in [-0.2, -0.15) is 0 Å². The van der Waals surface area contributed by atoms with Crippen molar-refractivity contribution >= 4 is 17.9 Å². The zero-order valence-electron chi connectivity index (χ0n) is 43.1. The van der Waals surface area contributed by atoms with Crippen molar-refractivity contribution < 1.29 is 28.6 Å². The first-order valence-corrected chi connectivity index (χ1v) is 27.1. The molecule has 0 heterocycles. The van der Waals surface area contributed by atoms with Crippen LogP contribution in [-0.2, 0) is 28.6 Å². The number of unbranched alkanes of at least 4 members (excludes halogenated alkanes) is 20. The van der Waals surface area contributed by atoms with Crippen LogP contribution in [0.2, 0.25) is 0 Å². The van der Waals surface area contributed by atoms with Crippen LogP contribution in [0.25, 0.3) is 0 Å². The number of hydrogen-bond donors (Lipinski definition) is 0. The van der Waals surface area contributed by atoms with Gasteiger partial charge < -0.3 is 14.2 Å². The van der Waals surface area contributed by atoms with E-state index in [1.54, 1.807) is 0 Å². The zero-order chi connectivity index (χ0) is 48.6. The van der Waals surface area contributed by atoms with Gasteiger partial charge >= 0.3 is 17.9 Å². The van der Waals surface area contributed by atoms with Crippen molar-refractivity contribution in [3.8, 4) is 0 Å². The van der Waals surface area contributed by atoms with Gasteiger partial charge in [0.1, 0.15) is 13.2 Å². The van der Waals surface area contributed by atoms with Gasteiger partial charge in [-0.3, -0.25) is 14.4 Å². The molecule has 1 atom stereocenters. The molecule has 1 unspecified atom stereocenters. The maximum Gasteiger partial charge on any atom is 0.306 e. The summed E-state index contributed by atoms with van der Waals surface area (Å²) in [5, 5.41) is 0. The van der Waals surface area contributed by atoms with Crippen molar-refractivity contribution in [3.05, 3.63) is 122 Å². The van der Waals surface area contributed by atoms with Crippen LogP contribution < -0.4 is 0 Å². The largest absolute Gasteiger partial charge is 0.462 e. The van der Waals surface area contributed by atoms with Crippen LogP contribution in [0.15, 0.2) is 122 Å². The monoisotopic (exact) mass is 927 g/mol. The molecule has 0 aromatic carbocycles. The summed E-state index contributed by atoms with van der Waals surface area (Å²) in [6.45, 7) is 6.36. The van der Waals surface area contributed by atoms with E-state index in [2.05, 4.69) is 93.7 Å². The SMILES string of the molecule is CC\C=C/C=C\C=C/C=C\C=C/CCCCCC(=O)OCC(COC(=O)CCC/C=C\C/C=C\C/C=C\C/C=C\CCCCC)OC(=O)CCCCCCCCC/C=C\CCCCCCCC. The van der Waals surface area contributed by atoms with E-state index in [1.165, 1.54) is 103 Å². The van der Waals surface area contributed by atoms with E-state index in [0.29, 0.717) is 19.3 Å². The Hall–Kier alpha value is -4.19. The van der Waals surface area contributed by atoms with E-state index in [4.69, 9.17) is 14.2 Å². The van der Waals surface area contributed by atoms with Gasteiger partial charge in [-0.1, -0.05) is 226 Å². The molecule has 0 saturated heterocycles. The van der Waals surface area contributed by atoms with Gasteiger partial charge in [0.2, 0.25) is 0 Å². The van der Waals surface area contributed by atoms with Crippen molar-refractivity contribution in [1.82, 2.24) is 0 Å². The maximum absolute atomic E-state index is 12.8. The molecule has 0 spiro atoms. The molecule has 0 amide bonds. The number of carbonyl (C=O) groups is 3. The minimum absolute atomic E-state index is 0.122. The predicted octanol–water partition coefficient (Wildman–Crippen LogP) is 18.1. The lowest BCUT2D eigenvalue weighted by molar-refractivity contribution is -0.167. The van der Waals surface area contributed by atoms with Crippen LogP contribution in [0.3, 0.4) is 0 Å². The quantitative estimate of drug-likeness (QED) is 0.0199. The lowest BCUT2D eigenvalue weighted by Crippen LogP contribution is -2.30. The Labute approximate surface area is 412 Å². The van der Waals surface area contributed by atoms with Gasteiger partial charge in [-0.05, 0) is 103 Å². The number of hydrogen-bond acceptors (Lipinski definition) is 6. The number of ether oxygens (including phenoxy) is 3. The van der Waals surface area contributed by atoms with E-state index in [0.717, 1.165) is 77.0 Å². The van der Waals surface area contributed by atoms with Crippen LogP contribution in [-0.4, -0.2) is 37.2 Å². The van der Waals surface area contributed by atoms with Gasteiger partial charge in [-0.25, -0.2) is 0 Å². The zero-order valence-corrected chi connectivity index (χ0v) is 43.1. The molecule has 0 fully saturated rings. The second-order valence-electron chi connectivity index (χ2n) is 17.5. The highest BCUT2D eigenvalue weighted by Gasteiger charge is 2.19. The first kappa shape index (κ1) is 62.8. The van der Waals surface area contributed by atoms with Crippen LogP contribution in [0.4, 0.5) is 0 Å². The molecule has 0 rings (SSSR count). The molecule has 6 nitrogen and oxygen atoms in total. The molecule has 0 radical (unpaired) electrons. The van der Waals surface area contributed by atoms with Crippen molar-refractivity contribution in [2.75, 3.05) is 13.2 Å². The first-order valence-electron chi connectivity index (χ1n) is 27.1. The number of allylic oxidation sites excluding steroid dienone is 20. The Morgan fingerprint density at radius 2 is 0.657 bits per heavy atom. The fourth-order valence-electron chi connectivity index (χ4n) is 6.98. The molecule has 67 heavy (non-hydrogen) atoms. The third kappa shape index (κ3) is 52.6. The maximum atomic E-state index is 12.8. The lowest BCUT2D eigenvalue weighted by Gasteiger charge is -2.18. The van der Waals surface area contributed by atoms with Gasteiger partial charge in [0.15, 0.2) is 6.10 Å². The summed E-state index contributed by atoms with van der Waals surface area (Å²) >= 11 is 0. The molecule has 0 aliphatic carbocycles. The second kappa shape index (κ2) is 54.4. The second-order valence-corrected chi connectivity index (χ2v) is 17.5. The normalized spacial score (nSPS) is 13.1. The smallest absolute Gasteiger partial charge is 0.306 e. The van der Waals surface area contributed by atoms with Crippen molar-refractivity contribution in [1.29, 1.82) is 0 Å². The number of esters is 3. The average Bonchev–Trinajstić information content (AvgIpc) is 3.33. The third-order valence-corrected chi connectivity index (χ3v) is 11.0. The average molecular weight is 927 g/mol. The Balaban J connectivity index is 4.57. The number of carbonyl (C=O) groups excluding carboxylic acids is 3. The summed E-state index contributed by atoms with van der Waals surface area (Å²) in [5.74, 6) is -1.03. The topological polar surface area (TPSA) is 78.9 Å². The number of rotatable bonds is 47. The highest BCUT2D eigenvalue weighted by molar-refractivity contribution is 5.71. The van der Waals surface area contributed by atoms with Crippen molar-refractivity contribution in [2.45, 2.75) is 232 Å². The summed E-state index contributed by atoms with van der Waals surface area (Å²) in [4.78, 5) is 38.1. The Morgan fingerprint density at radius 3 is 1.16 bits per heavy atom. The van der Waals surface area contributed by atoms with Crippen LogP contribution in [0, 0.1) is 0 Å². The van der Waals surface area contributed by atoms with Crippen LogP contribution in [0.5, 0.6) is 0 Å². The molecule has 0 saturated carbocycles. The molecule has 0 aromatic rings. The molecule has 0 aliphatic heterocycles. The Morgan fingerprint density at radius 1 is 0.328 bits per heavy atom. The van der Waals surface area contributed by atoms with Gasteiger partial charge in [0, 0.05) is 19.3 Å². The molecule has 378 valence electrons. The summed E-state index contributed by atoms with van der Waals surface area (Å²) in [6, 6.07) is 0. The minimum atomic E-state index is -0.823. The van der Waals surface area contributed by atoms with E-state index in [9.17, 15) is 14.4 Å². The molecule has 0 bridgehead atoms. The minimum Gasteiger partial charge on any atom is -0.462 e. The molecular formula is C61H98O6. The fourth-order valence-corrected chi connectivity index (χ4v) is 6.98. The summed E-state index contributed by atoms with van der Waals surface area (Å²) in [5.41, 5.74) is 0. The Kier molecular flexibility index (Phi) is 51.0. The third-order valence-electron chi connectivity index (χ3n) is 11.0. The molecule has 0 aromatic heterocycles. The molecule has 0 aliphatic rings. The van der Waals surface area contributed by atoms with E-state index in [1.807, 2.05) is 48.6 Å². The summed E-state index contributed by atoms with van der Waals surface area (Å²) < 4.78 is 16.7. The standard InChI is InChI=1S/C61H98O6/c1-4-7-10-13-16-19-22-25-28-30-33-36-39-42-45-48-51-54-60(63)66-57-58(56-65-59(62)53-50-47-44-41-38-35-32-27-24-21-18-15-12-9-6-3)67-61(64)55-52-49-46-43-40-37-34-31-29-26-23-20-17-14-11-8-5-2/h9,12,15-16,18-19,21,24-29,32-33,35-36,38,42,45,58H,4-8,10-11,13-14,17,20,22-23,30-31,34,37,39-41,43-44,46-57H2,1-3H3/b12-9-,18-15-,19-16-,24-21-,28-25-,29-26-,32-27-,36-33-,38-35-,45-42-. The van der Waals surface area contributed by atoms with E-state index >= 15 is 0 Å². The molecule has 6 heteroatoms. The van der Waals surface area contributed by atoms with Crippen molar-refractivity contribution in [2.24, 2.45) is 0 Å². The molecule has 0 N–H and O–H groups in total. The highest BCUT2D eigenvalue weighted by Crippen LogP contribution is 2.13. The van der Waals surface area contributed by atoms with Gasteiger partial charge in [0.05, 0.1) is 0 Å². The van der Waals surface area contributed by atoms with E-state index < -0.39 is 6.10 Å². The first-order chi connectivity index (χ1) is 33.0. The summed E-state index contributed by atoms with van der Waals surface area (Å²) in [7, 11) is 0. The van der Waals surface area contributed by atoms with Crippen LogP contribution >= 0.6 is 0 Å². The van der Waals surface area contributed by atoms with E-state index in [-0.39, 0.29) is 37.5 Å². The van der Waals surface area contributed by atoms with Crippen LogP contribution in [0.1, 0.15) is 226 Å². The highest BCUT2D eigenvalue weighted by atomic mass is 16.6. The van der Waals surface area contributed by atoms with Gasteiger partial charge in [-0.15, -0.1) is 0 Å². The van der Waals surface area contributed by atoms with Crippen molar-refractivity contribution in [3.63, 3.8) is 0 Å². The molecular weight excluding hydrogens is 829 g/mol. The predicted molar refractivity (Wildman–Crippen MR) is 288 cm³/mol. The fraction of sp³-hybridized carbons (Fsp3) is 0.623. The lowest BCUT2D eigenvalue weighted by atomic mass is 10.1. The van der Waals surface area contributed by atoms with Gasteiger partial charge in [0.25, 0.3) is 0 Å². The Bertz CT molecular complexity index is 1440. The summed E-state index contributed by atoms with van der Waals surface area (Å²) in [6.07, 6.45) is 74.7.